The molecule has 16 heavy (non-hydrogen) atoms. The summed E-state index contributed by atoms with van der Waals surface area (Å²) in [5.74, 6) is 0.811. The zero-order chi connectivity index (χ0) is 11.5. The first kappa shape index (κ1) is 10.6. The smallest absolute Gasteiger partial charge is 0.223 e. The SMILES string of the molecule is Cc1nc(CNc2cc(F)ccc2C)no1. The van der Waals surface area contributed by atoms with Crippen LogP contribution >= 0.6 is 0 Å². The van der Waals surface area contributed by atoms with E-state index in [-0.39, 0.29) is 5.82 Å². The Morgan fingerprint density at radius 1 is 1.38 bits per heavy atom. The Hall–Kier alpha value is -1.91. The van der Waals surface area contributed by atoms with Crippen molar-refractivity contribution in [3.63, 3.8) is 0 Å². The Bertz CT molecular complexity index is 496. The van der Waals surface area contributed by atoms with E-state index in [0.717, 1.165) is 11.3 Å². The van der Waals surface area contributed by atoms with Gasteiger partial charge in [0.25, 0.3) is 0 Å². The first-order valence-corrected chi connectivity index (χ1v) is 4.94. The Labute approximate surface area is 92.5 Å². The number of hydrogen-bond donors (Lipinski definition) is 1. The molecule has 1 aromatic carbocycles. The number of hydrogen-bond acceptors (Lipinski definition) is 4. The molecule has 1 N–H and O–H groups in total. The van der Waals surface area contributed by atoms with Crippen LogP contribution in [0.4, 0.5) is 10.1 Å². The number of aromatic nitrogens is 2. The molecule has 0 aliphatic heterocycles. The van der Waals surface area contributed by atoms with Gasteiger partial charge in [0.2, 0.25) is 5.89 Å². The summed E-state index contributed by atoms with van der Waals surface area (Å²) in [6.45, 7) is 4.05. The second-order valence-electron chi connectivity index (χ2n) is 3.54. The van der Waals surface area contributed by atoms with Crippen LogP contribution in [0.15, 0.2) is 22.7 Å². The summed E-state index contributed by atoms with van der Waals surface area (Å²) in [6.07, 6.45) is 0. The number of halogens is 1. The standard InChI is InChI=1S/C11H12FN3O/c1-7-3-4-9(12)5-10(7)13-6-11-14-8(2)16-15-11/h3-5,13H,6H2,1-2H3. The van der Waals surface area contributed by atoms with E-state index < -0.39 is 0 Å². The summed E-state index contributed by atoms with van der Waals surface area (Å²) in [7, 11) is 0. The third-order valence-corrected chi connectivity index (χ3v) is 2.21. The molecule has 0 spiro atoms. The van der Waals surface area contributed by atoms with Crippen LogP contribution in [0.3, 0.4) is 0 Å². The van der Waals surface area contributed by atoms with Crippen molar-refractivity contribution in [3.05, 3.63) is 41.3 Å². The van der Waals surface area contributed by atoms with Crippen LogP contribution in [-0.2, 0) is 6.54 Å². The highest BCUT2D eigenvalue weighted by atomic mass is 19.1. The molecule has 0 atom stereocenters. The summed E-state index contributed by atoms with van der Waals surface area (Å²) in [5, 5.41) is 6.80. The maximum Gasteiger partial charge on any atom is 0.223 e. The van der Waals surface area contributed by atoms with Crippen molar-refractivity contribution in [2.75, 3.05) is 5.32 Å². The van der Waals surface area contributed by atoms with Gasteiger partial charge in [-0.05, 0) is 24.6 Å². The highest BCUT2D eigenvalue weighted by Crippen LogP contribution is 2.16. The molecule has 0 bridgehead atoms. The molecule has 0 unspecified atom stereocenters. The fraction of sp³-hybridized carbons (Fsp3) is 0.273. The minimum Gasteiger partial charge on any atom is -0.377 e. The zero-order valence-electron chi connectivity index (χ0n) is 9.12. The van der Waals surface area contributed by atoms with Crippen LogP contribution in [0.2, 0.25) is 0 Å². The van der Waals surface area contributed by atoms with E-state index in [0.29, 0.717) is 18.3 Å². The Kier molecular flexibility index (Phi) is 2.85. The van der Waals surface area contributed by atoms with Gasteiger partial charge in [-0.15, -0.1) is 0 Å². The van der Waals surface area contributed by atoms with Crippen molar-refractivity contribution in [1.82, 2.24) is 10.1 Å². The second-order valence-corrected chi connectivity index (χ2v) is 3.54. The highest BCUT2D eigenvalue weighted by molar-refractivity contribution is 5.50. The van der Waals surface area contributed by atoms with Crippen molar-refractivity contribution in [2.45, 2.75) is 20.4 Å². The molecule has 0 aliphatic carbocycles. The number of anilines is 1. The normalized spacial score (nSPS) is 10.4. The van der Waals surface area contributed by atoms with Gasteiger partial charge >= 0.3 is 0 Å². The van der Waals surface area contributed by atoms with Crippen LogP contribution in [0.1, 0.15) is 17.3 Å². The van der Waals surface area contributed by atoms with Gasteiger partial charge in [0.15, 0.2) is 5.82 Å². The lowest BCUT2D eigenvalue weighted by atomic mass is 10.2. The molecule has 0 fully saturated rings. The van der Waals surface area contributed by atoms with Crippen LogP contribution in [-0.4, -0.2) is 10.1 Å². The van der Waals surface area contributed by atoms with Gasteiger partial charge in [-0.1, -0.05) is 11.2 Å². The molecule has 4 nitrogen and oxygen atoms in total. The van der Waals surface area contributed by atoms with E-state index in [1.165, 1.54) is 12.1 Å². The molecule has 1 heterocycles. The van der Waals surface area contributed by atoms with E-state index in [9.17, 15) is 4.39 Å². The molecule has 0 saturated carbocycles. The fourth-order valence-electron chi connectivity index (χ4n) is 1.37. The number of rotatable bonds is 3. The summed E-state index contributed by atoms with van der Waals surface area (Å²) in [4.78, 5) is 4.04. The molecule has 0 amide bonds. The number of nitrogens with zero attached hydrogens (tertiary/aromatic N) is 2. The minimum absolute atomic E-state index is 0.266. The third kappa shape index (κ3) is 2.36. The molecule has 1 aromatic heterocycles. The average Bonchev–Trinajstić information content (AvgIpc) is 2.66. The molecule has 5 heteroatoms. The third-order valence-electron chi connectivity index (χ3n) is 2.21. The molecular weight excluding hydrogens is 209 g/mol. The summed E-state index contributed by atoms with van der Waals surface area (Å²) < 4.78 is 17.8. The first-order chi connectivity index (χ1) is 7.65. The Morgan fingerprint density at radius 3 is 2.88 bits per heavy atom. The van der Waals surface area contributed by atoms with E-state index >= 15 is 0 Å². The average molecular weight is 221 g/mol. The highest BCUT2D eigenvalue weighted by Gasteiger charge is 2.04. The fourth-order valence-corrected chi connectivity index (χ4v) is 1.37. The van der Waals surface area contributed by atoms with Crippen LogP contribution in [0.5, 0.6) is 0 Å². The lowest BCUT2D eigenvalue weighted by molar-refractivity contribution is 0.388. The molecule has 2 rings (SSSR count). The monoisotopic (exact) mass is 221 g/mol. The molecule has 0 saturated heterocycles. The maximum atomic E-state index is 13.0. The number of benzene rings is 1. The predicted molar refractivity (Wildman–Crippen MR) is 57.5 cm³/mol. The Morgan fingerprint density at radius 2 is 2.19 bits per heavy atom. The van der Waals surface area contributed by atoms with Gasteiger partial charge in [-0.25, -0.2) is 4.39 Å². The summed E-state index contributed by atoms with van der Waals surface area (Å²) >= 11 is 0. The van der Waals surface area contributed by atoms with E-state index in [4.69, 9.17) is 4.52 Å². The predicted octanol–water partition coefficient (Wildman–Crippen LogP) is 2.44. The minimum atomic E-state index is -0.266. The van der Waals surface area contributed by atoms with Crippen molar-refractivity contribution >= 4 is 5.69 Å². The second kappa shape index (κ2) is 4.30. The lowest BCUT2D eigenvalue weighted by Gasteiger charge is -2.06. The number of nitrogens with one attached hydrogen (secondary N) is 1. The quantitative estimate of drug-likeness (QED) is 0.864. The van der Waals surface area contributed by atoms with Gasteiger partial charge in [0.1, 0.15) is 5.82 Å². The maximum absolute atomic E-state index is 13.0. The molecule has 0 radical (unpaired) electrons. The van der Waals surface area contributed by atoms with Crippen LogP contribution in [0, 0.1) is 19.7 Å². The molecule has 84 valence electrons. The van der Waals surface area contributed by atoms with Gasteiger partial charge in [0.05, 0.1) is 6.54 Å². The van der Waals surface area contributed by atoms with Gasteiger partial charge in [-0.2, -0.15) is 4.98 Å². The summed E-state index contributed by atoms with van der Waals surface area (Å²) in [6, 6.07) is 4.60. The van der Waals surface area contributed by atoms with Crippen molar-refractivity contribution in [3.8, 4) is 0 Å². The number of aryl methyl sites for hydroxylation is 2. The van der Waals surface area contributed by atoms with Crippen molar-refractivity contribution in [1.29, 1.82) is 0 Å². The topological polar surface area (TPSA) is 51.0 Å². The van der Waals surface area contributed by atoms with Gasteiger partial charge in [0, 0.05) is 12.6 Å². The van der Waals surface area contributed by atoms with Crippen molar-refractivity contribution in [2.24, 2.45) is 0 Å². The van der Waals surface area contributed by atoms with E-state index in [1.54, 1.807) is 13.0 Å². The lowest BCUT2D eigenvalue weighted by Crippen LogP contribution is -2.03. The first-order valence-electron chi connectivity index (χ1n) is 4.94. The largest absolute Gasteiger partial charge is 0.377 e. The van der Waals surface area contributed by atoms with E-state index in [2.05, 4.69) is 15.5 Å². The summed E-state index contributed by atoms with van der Waals surface area (Å²) in [5.41, 5.74) is 1.71. The van der Waals surface area contributed by atoms with Crippen molar-refractivity contribution < 1.29 is 8.91 Å². The molecule has 0 aliphatic rings. The van der Waals surface area contributed by atoms with Gasteiger partial charge in [-0.3, -0.25) is 0 Å². The van der Waals surface area contributed by atoms with Crippen LogP contribution < -0.4 is 5.32 Å². The zero-order valence-corrected chi connectivity index (χ0v) is 9.12. The Balaban J connectivity index is 2.07. The molecule has 2 aromatic rings. The van der Waals surface area contributed by atoms with Gasteiger partial charge < -0.3 is 9.84 Å². The van der Waals surface area contributed by atoms with Crippen LogP contribution in [0.25, 0.3) is 0 Å². The van der Waals surface area contributed by atoms with E-state index in [1.807, 2.05) is 6.92 Å². The molecular formula is C11H12FN3O.